The molecule has 0 bridgehead atoms. The molecule has 1 unspecified atom stereocenters. The number of nitriles is 1. The number of hydrogen-bond donors (Lipinski definition) is 0. The first-order chi connectivity index (χ1) is 15.9. The zero-order valence-electron chi connectivity index (χ0n) is 18.1. The summed E-state index contributed by atoms with van der Waals surface area (Å²) in [5, 5.41) is 10.7. The number of benzene rings is 2. The van der Waals surface area contributed by atoms with Gasteiger partial charge in [-0.05, 0) is 48.9 Å². The van der Waals surface area contributed by atoms with Crippen LogP contribution >= 0.6 is 35.0 Å². The van der Waals surface area contributed by atoms with Crippen LogP contribution in [0.3, 0.4) is 0 Å². The van der Waals surface area contributed by atoms with Gasteiger partial charge in [0, 0.05) is 18.8 Å². The number of rotatable bonds is 4. The maximum Gasteiger partial charge on any atom is 0.267 e. The second kappa shape index (κ2) is 10.2. The maximum absolute atomic E-state index is 13.5. The van der Waals surface area contributed by atoms with Crippen molar-refractivity contribution in [1.82, 2.24) is 4.90 Å². The predicted molar refractivity (Wildman–Crippen MR) is 133 cm³/mol. The van der Waals surface area contributed by atoms with Gasteiger partial charge in [-0.25, -0.2) is 0 Å². The molecule has 4 rings (SSSR count). The number of para-hydroxylation sites is 1. The second-order valence-electron chi connectivity index (χ2n) is 8.30. The van der Waals surface area contributed by atoms with Crippen molar-refractivity contribution in [1.29, 1.82) is 5.26 Å². The van der Waals surface area contributed by atoms with E-state index in [0.717, 1.165) is 18.4 Å². The molecular formula is C25H23Cl2N3O2S. The second-order valence-corrected chi connectivity index (χ2v) is 10.3. The Hall–Kier alpha value is -2.46. The summed E-state index contributed by atoms with van der Waals surface area (Å²) in [5.41, 5.74) is 1.38. The number of carbonyl (C=O) groups excluding carboxylic acids is 2. The number of anilines is 1. The van der Waals surface area contributed by atoms with Gasteiger partial charge in [-0.3, -0.25) is 14.5 Å². The molecule has 2 fully saturated rings. The Morgan fingerprint density at radius 1 is 1.12 bits per heavy atom. The molecule has 8 heteroatoms. The van der Waals surface area contributed by atoms with Gasteiger partial charge in [-0.15, -0.1) is 0 Å². The molecule has 2 aliphatic rings. The molecule has 0 spiro atoms. The Morgan fingerprint density at radius 3 is 2.48 bits per heavy atom. The third-order valence-electron chi connectivity index (χ3n) is 6.01. The Kier molecular flexibility index (Phi) is 7.33. The van der Waals surface area contributed by atoms with Crippen LogP contribution in [0.5, 0.6) is 0 Å². The van der Waals surface area contributed by atoms with E-state index in [0.29, 0.717) is 46.2 Å². The van der Waals surface area contributed by atoms with E-state index in [4.69, 9.17) is 23.2 Å². The molecule has 2 aromatic rings. The van der Waals surface area contributed by atoms with E-state index >= 15 is 0 Å². The molecule has 2 aliphatic heterocycles. The van der Waals surface area contributed by atoms with Gasteiger partial charge >= 0.3 is 0 Å². The summed E-state index contributed by atoms with van der Waals surface area (Å²) < 4.78 is 0. The van der Waals surface area contributed by atoms with Gasteiger partial charge in [-0.1, -0.05) is 72.2 Å². The fourth-order valence-corrected chi connectivity index (χ4v) is 5.75. The van der Waals surface area contributed by atoms with E-state index in [9.17, 15) is 14.9 Å². The number of hydrogen-bond acceptors (Lipinski definition) is 4. The van der Waals surface area contributed by atoms with Crippen LogP contribution in [-0.2, 0) is 16.0 Å². The van der Waals surface area contributed by atoms with Crippen LogP contribution in [0.4, 0.5) is 5.69 Å². The highest BCUT2D eigenvalue weighted by atomic mass is 35.5. The summed E-state index contributed by atoms with van der Waals surface area (Å²) in [4.78, 5) is 30.1. The van der Waals surface area contributed by atoms with Crippen molar-refractivity contribution in [2.75, 3.05) is 18.0 Å². The molecule has 33 heavy (non-hydrogen) atoms. The van der Waals surface area contributed by atoms with Crippen LogP contribution in [0.2, 0.25) is 10.0 Å². The molecule has 5 nitrogen and oxygen atoms in total. The Labute approximate surface area is 207 Å². The highest BCUT2D eigenvalue weighted by molar-refractivity contribution is 8.05. The van der Waals surface area contributed by atoms with Crippen LogP contribution in [0.25, 0.3) is 0 Å². The quantitative estimate of drug-likeness (QED) is 0.401. The van der Waals surface area contributed by atoms with Gasteiger partial charge < -0.3 is 4.90 Å². The molecule has 0 saturated carbocycles. The highest BCUT2D eigenvalue weighted by Crippen LogP contribution is 2.43. The first-order valence-electron chi connectivity index (χ1n) is 10.8. The lowest BCUT2D eigenvalue weighted by Crippen LogP contribution is -2.39. The number of likely N-dealkylation sites (tertiary alicyclic amines) is 1. The summed E-state index contributed by atoms with van der Waals surface area (Å²) in [6, 6.07) is 16.5. The van der Waals surface area contributed by atoms with E-state index in [-0.39, 0.29) is 17.4 Å². The average molecular weight is 500 g/mol. The minimum absolute atomic E-state index is 0.00597. The topological polar surface area (TPSA) is 64.4 Å². The number of thioether (sulfide) groups is 1. The minimum Gasteiger partial charge on any atom is -0.338 e. The van der Waals surface area contributed by atoms with Gasteiger partial charge in [0.25, 0.3) is 5.91 Å². The Balaban J connectivity index is 1.72. The number of amides is 2. The van der Waals surface area contributed by atoms with Crippen molar-refractivity contribution in [3.63, 3.8) is 0 Å². The molecule has 0 aromatic heterocycles. The van der Waals surface area contributed by atoms with Gasteiger partial charge in [0.1, 0.15) is 16.7 Å². The van der Waals surface area contributed by atoms with Gasteiger partial charge in [-0.2, -0.15) is 5.26 Å². The molecule has 2 aromatic carbocycles. The smallest absolute Gasteiger partial charge is 0.267 e. The maximum atomic E-state index is 13.5. The van der Waals surface area contributed by atoms with Crippen molar-refractivity contribution < 1.29 is 9.59 Å². The normalized spacial score (nSPS) is 20.7. The standard InChI is InChI=1S/C25H23Cl2N3O2S/c1-16-10-12-29(13-11-16)23(31)19(15-28)25-30(18-7-3-2-4-8-18)24(32)21(33-25)14-17-6-5-9-20(26)22(17)27/h2-9,16,21H,10-14H2,1H3/b25-19-. The molecule has 0 N–H and O–H groups in total. The number of carbonyl (C=O) groups is 2. The van der Waals surface area contributed by atoms with Crippen molar-refractivity contribution >= 4 is 52.5 Å². The van der Waals surface area contributed by atoms with Crippen LogP contribution in [0.15, 0.2) is 59.1 Å². The van der Waals surface area contributed by atoms with Crippen LogP contribution < -0.4 is 4.90 Å². The third kappa shape index (κ3) is 4.91. The summed E-state index contributed by atoms with van der Waals surface area (Å²) in [6.45, 7) is 3.40. The summed E-state index contributed by atoms with van der Waals surface area (Å²) >= 11 is 13.8. The third-order valence-corrected chi connectivity index (χ3v) is 8.14. The van der Waals surface area contributed by atoms with E-state index in [2.05, 4.69) is 13.0 Å². The van der Waals surface area contributed by atoms with E-state index in [1.807, 2.05) is 24.3 Å². The summed E-state index contributed by atoms with van der Waals surface area (Å²) in [7, 11) is 0. The zero-order chi connectivity index (χ0) is 23.5. The van der Waals surface area contributed by atoms with Crippen molar-refractivity contribution in [3.05, 3.63) is 74.7 Å². The molecule has 170 valence electrons. The highest BCUT2D eigenvalue weighted by Gasteiger charge is 2.41. The summed E-state index contributed by atoms with van der Waals surface area (Å²) in [6.07, 6.45) is 2.15. The molecule has 0 aliphatic carbocycles. The van der Waals surface area contributed by atoms with Crippen molar-refractivity contribution in [3.8, 4) is 6.07 Å². The lowest BCUT2D eigenvalue weighted by molar-refractivity contribution is -0.128. The SMILES string of the molecule is CC1CCN(C(=O)/C(C#N)=C2\SC(Cc3cccc(Cl)c3Cl)C(=O)N2c2ccccc2)CC1. The average Bonchev–Trinajstić information content (AvgIpc) is 3.14. The minimum atomic E-state index is -0.534. The molecule has 2 heterocycles. The van der Waals surface area contributed by atoms with Gasteiger partial charge in [0.05, 0.1) is 15.3 Å². The molecule has 0 radical (unpaired) electrons. The fraction of sp³-hybridized carbons (Fsp3) is 0.320. The predicted octanol–water partition coefficient (Wildman–Crippen LogP) is 5.68. The summed E-state index contributed by atoms with van der Waals surface area (Å²) in [5.74, 6) is 0.0504. The van der Waals surface area contributed by atoms with E-state index < -0.39 is 5.25 Å². The van der Waals surface area contributed by atoms with Gasteiger partial charge in [0.15, 0.2) is 0 Å². The fourth-order valence-electron chi connectivity index (χ4n) is 4.07. The van der Waals surface area contributed by atoms with Crippen LogP contribution in [0, 0.1) is 17.2 Å². The van der Waals surface area contributed by atoms with Gasteiger partial charge in [0.2, 0.25) is 5.91 Å². The number of halogens is 2. The van der Waals surface area contributed by atoms with Crippen molar-refractivity contribution in [2.45, 2.75) is 31.4 Å². The molecule has 2 amide bonds. The first-order valence-corrected chi connectivity index (χ1v) is 12.5. The number of nitrogens with zero attached hydrogens (tertiary/aromatic N) is 3. The Bertz CT molecular complexity index is 1140. The van der Waals surface area contributed by atoms with E-state index in [1.165, 1.54) is 16.7 Å². The molecule has 2 saturated heterocycles. The van der Waals surface area contributed by atoms with Crippen molar-refractivity contribution in [2.24, 2.45) is 5.92 Å². The first kappa shape index (κ1) is 23.7. The lowest BCUT2D eigenvalue weighted by atomic mass is 9.99. The largest absolute Gasteiger partial charge is 0.338 e. The molecular weight excluding hydrogens is 477 g/mol. The Morgan fingerprint density at radius 2 is 1.82 bits per heavy atom. The van der Waals surface area contributed by atoms with Crippen LogP contribution in [0.1, 0.15) is 25.3 Å². The monoisotopic (exact) mass is 499 g/mol. The molecule has 1 atom stereocenters. The zero-order valence-corrected chi connectivity index (χ0v) is 20.5. The van der Waals surface area contributed by atoms with E-state index in [1.54, 1.807) is 29.2 Å². The van der Waals surface area contributed by atoms with Crippen LogP contribution in [-0.4, -0.2) is 35.1 Å². The number of piperidine rings is 1. The lowest BCUT2D eigenvalue weighted by Gasteiger charge is -2.30.